The first-order valence-electron chi connectivity index (χ1n) is 16.0. The minimum Gasteiger partial charge on any atom is -0.0622 e. The van der Waals surface area contributed by atoms with Gasteiger partial charge in [-0.2, -0.15) is 0 Å². The van der Waals surface area contributed by atoms with Gasteiger partial charge in [-0.15, -0.1) is 0 Å². The number of hydrogen-bond donors (Lipinski definition) is 0. The summed E-state index contributed by atoms with van der Waals surface area (Å²) < 4.78 is 0. The lowest BCUT2D eigenvalue weighted by Gasteiger charge is -2.31. The van der Waals surface area contributed by atoms with Gasteiger partial charge in [0.1, 0.15) is 8.07 Å². The van der Waals surface area contributed by atoms with Crippen molar-refractivity contribution >= 4 is 29.6 Å². The van der Waals surface area contributed by atoms with E-state index in [0.29, 0.717) is 0 Å². The first-order chi connectivity index (χ1) is 22.1. The van der Waals surface area contributed by atoms with Gasteiger partial charge >= 0.3 is 0 Å². The maximum Gasteiger partial charge on any atom is 0.114 e. The quantitative estimate of drug-likeness (QED) is 0.169. The second-order valence-corrected chi connectivity index (χ2v) is 17.1. The van der Waals surface area contributed by atoms with Crippen molar-refractivity contribution < 1.29 is 0 Å². The van der Waals surface area contributed by atoms with Crippen molar-refractivity contribution in [2.45, 2.75) is 25.9 Å². The SMILES string of the molecule is C[Si](C)(C1=C(c2ccc(-c3ccccc3)cc2)Cc2ccccc21)C1=C(c2ccc(-c3ccccc3)cc2)Cc2ccccc21. The van der Waals surface area contributed by atoms with Gasteiger partial charge in [-0.1, -0.05) is 171 Å². The van der Waals surface area contributed by atoms with E-state index >= 15 is 0 Å². The largest absolute Gasteiger partial charge is 0.114 e. The monoisotopic (exact) mass is 592 g/mol. The Labute approximate surface area is 268 Å². The van der Waals surface area contributed by atoms with Gasteiger partial charge in [0.15, 0.2) is 0 Å². The highest BCUT2D eigenvalue weighted by atomic mass is 28.3. The molecule has 0 saturated heterocycles. The van der Waals surface area contributed by atoms with E-state index in [1.165, 1.54) is 66.8 Å². The first kappa shape index (κ1) is 27.6. The molecule has 1 heteroatoms. The van der Waals surface area contributed by atoms with E-state index in [9.17, 15) is 0 Å². The average molecular weight is 593 g/mol. The molecule has 0 fully saturated rings. The van der Waals surface area contributed by atoms with Crippen LogP contribution in [0.1, 0.15) is 33.4 Å². The zero-order valence-corrected chi connectivity index (χ0v) is 26.9. The molecule has 0 atom stereocenters. The highest BCUT2D eigenvalue weighted by Crippen LogP contribution is 2.52. The van der Waals surface area contributed by atoms with Crippen LogP contribution in [0.3, 0.4) is 0 Å². The maximum absolute atomic E-state index is 2.60. The molecular formula is C44H36Si. The van der Waals surface area contributed by atoms with Crippen LogP contribution in [-0.2, 0) is 12.8 Å². The molecule has 0 aliphatic heterocycles. The molecule has 2 aliphatic carbocycles. The summed E-state index contributed by atoms with van der Waals surface area (Å²) in [5.74, 6) is 0. The molecule has 45 heavy (non-hydrogen) atoms. The fraction of sp³-hybridized carbons (Fsp3) is 0.0909. The first-order valence-corrected chi connectivity index (χ1v) is 19.0. The van der Waals surface area contributed by atoms with Crippen LogP contribution >= 0.6 is 0 Å². The molecule has 0 nitrogen and oxygen atoms in total. The van der Waals surface area contributed by atoms with Gasteiger partial charge in [0.2, 0.25) is 0 Å². The van der Waals surface area contributed by atoms with Gasteiger partial charge in [0.25, 0.3) is 0 Å². The summed E-state index contributed by atoms with van der Waals surface area (Å²) in [6, 6.07) is 58.3. The van der Waals surface area contributed by atoms with Gasteiger partial charge in [0, 0.05) is 0 Å². The number of benzene rings is 6. The van der Waals surface area contributed by atoms with Gasteiger partial charge in [-0.05, 0) is 90.0 Å². The third-order valence-electron chi connectivity index (χ3n) is 9.84. The number of allylic oxidation sites excluding steroid dienone is 2. The van der Waals surface area contributed by atoms with Gasteiger partial charge in [-0.3, -0.25) is 0 Å². The van der Waals surface area contributed by atoms with E-state index in [1.807, 2.05) is 0 Å². The van der Waals surface area contributed by atoms with E-state index in [1.54, 1.807) is 10.4 Å². The molecule has 0 radical (unpaired) electrons. The Morgan fingerprint density at radius 3 is 1.04 bits per heavy atom. The molecule has 8 rings (SSSR count). The number of hydrogen-bond acceptors (Lipinski definition) is 0. The highest BCUT2D eigenvalue weighted by Gasteiger charge is 2.42. The van der Waals surface area contributed by atoms with E-state index in [4.69, 9.17) is 0 Å². The smallest absolute Gasteiger partial charge is 0.0622 e. The van der Waals surface area contributed by atoms with Gasteiger partial charge < -0.3 is 0 Å². The van der Waals surface area contributed by atoms with Crippen LogP contribution in [0.5, 0.6) is 0 Å². The van der Waals surface area contributed by atoms with Crippen LogP contribution in [0.25, 0.3) is 43.8 Å². The normalized spacial score (nSPS) is 14.1. The molecule has 6 aromatic rings. The standard InChI is InChI=1S/C44H36Si/c1-45(2,43-39-19-11-9-17-37(39)29-41(43)35-25-21-33(22-26-35)31-13-5-3-6-14-31)44-40-20-12-10-18-38(40)30-42(44)36-27-23-34(24-28-36)32-15-7-4-8-16-32/h3-28H,29-30H2,1-2H3. The van der Waals surface area contributed by atoms with Crippen LogP contribution in [0.15, 0.2) is 158 Å². The molecule has 0 amide bonds. The van der Waals surface area contributed by atoms with Gasteiger partial charge in [-0.25, -0.2) is 0 Å². The van der Waals surface area contributed by atoms with E-state index < -0.39 is 8.07 Å². The molecular weight excluding hydrogens is 557 g/mol. The molecule has 0 aromatic heterocycles. The third kappa shape index (κ3) is 4.85. The lowest BCUT2D eigenvalue weighted by molar-refractivity contribution is 1.32. The molecule has 216 valence electrons. The number of fused-ring (bicyclic) bond motifs is 2. The topological polar surface area (TPSA) is 0 Å². The summed E-state index contributed by atoms with van der Waals surface area (Å²) in [4.78, 5) is 0. The summed E-state index contributed by atoms with van der Waals surface area (Å²) in [5, 5.41) is 3.19. The van der Waals surface area contributed by atoms with Crippen LogP contribution in [0, 0.1) is 0 Å². The van der Waals surface area contributed by atoms with Crippen molar-refractivity contribution in [3.63, 3.8) is 0 Å². The predicted molar refractivity (Wildman–Crippen MR) is 195 cm³/mol. The summed E-state index contributed by atoms with van der Waals surface area (Å²) in [5.41, 5.74) is 16.6. The van der Waals surface area contributed by atoms with Crippen molar-refractivity contribution in [2.24, 2.45) is 0 Å². The Morgan fingerprint density at radius 1 is 0.333 bits per heavy atom. The molecule has 0 unspecified atom stereocenters. The highest BCUT2D eigenvalue weighted by molar-refractivity contribution is 7.10. The maximum atomic E-state index is 2.60. The lowest BCUT2D eigenvalue weighted by Crippen LogP contribution is -2.31. The lowest BCUT2D eigenvalue weighted by atomic mass is 9.99. The molecule has 0 heterocycles. The molecule has 6 aromatic carbocycles. The fourth-order valence-electron chi connectivity index (χ4n) is 7.75. The van der Waals surface area contributed by atoms with Crippen molar-refractivity contribution in [3.8, 4) is 22.3 Å². The van der Waals surface area contributed by atoms with E-state index in [0.717, 1.165) is 12.8 Å². The van der Waals surface area contributed by atoms with Crippen molar-refractivity contribution in [1.29, 1.82) is 0 Å². The Hall–Kier alpha value is -4.98. The summed E-state index contributed by atoms with van der Waals surface area (Å²) in [6.45, 7) is 5.19. The molecule has 2 aliphatic rings. The Bertz CT molecular complexity index is 1930. The van der Waals surface area contributed by atoms with Crippen LogP contribution in [0.2, 0.25) is 13.1 Å². The summed E-state index contributed by atoms with van der Waals surface area (Å²) in [6.07, 6.45) is 1.98. The van der Waals surface area contributed by atoms with Crippen LogP contribution in [-0.4, -0.2) is 8.07 Å². The van der Waals surface area contributed by atoms with Gasteiger partial charge in [0.05, 0.1) is 0 Å². The third-order valence-corrected chi connectivity index (χ3v) is 13.5. The average Bonchev–Trinajstić information content (AvgIpc) is 3.70. The van der Waals surface area contributed by atoms with Crippen molar-refractivity contribution in [3.05, 3.63) is 191 Å². The molecule has 0 N–H and O–H groups in total. The molecule has 0 spiro atoms. The Balaban J connectivity index is 1.28. The number of rotatable bonds is 6. The van der Waals surface area contributed by atoms with Crippen molar-refractivity contribution in [2.75, 3.05) is 0 Å². The predicted octanol–water partition coefficient (Wildman–Crippen LogP) is 11.4. The summed E-state index contributed by atoms with van der Waals surface area (Å²) >= 11 is 0. The van der Waals surface area contributed by atoms with Crippen molar-refractivity contribution in [1.82, 2.24) is 0 Å². The molecule has 0 bridgehead atoms. The van der Waals surface area contributed by atoms with Crippen LogP contribution < -0.4 is 0 Å². The zero-order valence-electron chi connectivity index (χ0n) is 25.9. The fourth-order valence-corrected chi connectivity index (χ4v) is 11.8. The summed E-state index contributed by atoms with van der Waals surface area (Å²) in [7, 11) is -2.23. The van der Waals surface area contributed by atoms with E-state index in [2.05, 4.69) is 171 Å². The Kier molecular flexibility index (Phi) is 6.85. The van der Waals surface area contributed by atoms with Crippen LogP contribution in [0.4, 0.5) is 0 Å². The van der Waals surface area contributed by atoms with E-state index in [-0.39, 0.29) is 0 Å². The second-order valence-electron chi connectivity index (χ2n) is 12.9. The Morgan fingerprint density at radius 2 is 0.644 bits per heavy atom. The minimum atomic E-state index is -2.23. The molecule has 0 saturated carbocycles. The second kappa shape index (κ2) is 11.2. The zero-order chi connectivity index (χ0) is 30.4. The minimum absolute atomic E-state index is 0.989.